The molecule has 1 saturated heterocycles. The second-order valence-corrected chi connectivity index (χ2v) is 8.75. The van der Waals surface area contributed by atoms with Crippen LogP contribution < -0.4 is 4.90 Å². The van der Waals surface area contributed by atoms with E-state index >= 15 is 0 Å². The molecule has 2 aromatic heterocycles. The Kier molecular flexibility index (Phi) is 6.15. The fourth-order valence-corrected chi connectivity index (χ4v) is 4.30. The number of hydrogen-bond acceptors (Lipinski definition) is 5. The molecule has 168 valence electrons. The van der Waals surface area contributed by atoms with Crippen molar-refractivity contribution in [3.8, 4) is 11.3 Å². The van der Waals surface area contributed by atoms with Gasteiger partial charge in [0.1, 0.15) is 0 Å². The molecular formula is C24H22Cl2N6O. The zero-order chi connectivity index (χ0) is 22.8. The lowest BCUT2D eigenvalue weighted by molar-refractivity contribution is -0.131. The van der Waals surface area contributed by atoms with Crippen molar-refractivity contribution in [2.24, 2.45) is 0 Å². The number of piperazine rings is 1. The quantitative estimate of drug-likeness (QED) is 0.423. The van der Waals surface area contributed by atoms with Gasteiger partial charge in [0.05, 0.1) is 15.7 Å². The monoisotopic (exact) mass is 480 g/mol. The van der Waals surface area contributed by atoms with E-state index < -0.39 is 0 Å². The van der Waals surface area contributed by atoms with Crippen molar-refractivity contribution in [1.29, 1.82) is 0 Å². The van der Waals surface area contributed by atoms with Crippen molar-refractivity contribution in [2.75, 3.05) is 31.1 Å². The van der Waals surface area contributed by atoms with Crippen LogP contribution >= 0.6 is 23.2 Å². The first-order valence-corrected chi connectivity index (χ1v) is 11.6. The molecule has 33 heavy (non-hydrogen) atoms. The number of hydrogen-bond donors (Lipinski definition) is 0. The highest BCUT2D eigenvalue weighted by atomic mass is 35.5. The summed E-state index contributed by atoms with van der Waals surface area (Å²) in [5, 5.41) is 5.68. The van der Waals surface area contributed by atoms with E-state index in [1.54, 1.807) is 22.8 Å². The molecule has 0 atom stereocenters. The molecule has 2 aromatic carbocycles. The summed E-state index contributed by atoms with van der Waals surface area (Å²) in [6, 6.07) is 17.4. The third-order valence-electron chi connectivity index (χ3n) is 5.83. The summed E-state index contributed by atoms with van der Waals surface area (Å²) in [7, 11) is 0. The zero-order valence-electron chi connectivity index (χ0n) is 17.9. The molecule has 0 N–H and O–H groups in total. The van der Waals surface area contributed by atoms with E-state index in [-0.39, 0.29) is 5.91 Å². The number of aromatic nitrogens is 4. The minimum atomic E-state index is 0.185. The van der Waals surface area contributed by atoms with Gasteiger partial charge in [-0.2, -0.15) is 9.50 Å². The summed E-state index contributed by atoms with van der Waals surface area (Å²) >= 11 is 12.3. The number of aryl methyl sites for hydroxylation is 1. The van der Waals surface area contributed by atoms with Crippen LogP contribution in [-0.4, -0.2) is 56.6 Å². The van der Waals surface area contributed by atoms with Gasteiger partial charge in [0, 0.05) is 44.4 Å². The molecule has 1 fully saturated rings. The van der Waals surface area contributed by atoms with E-state index in [1.807, 2.05) is 35.2 Å². The highest BCUT2D eigenvalue weighted by molar-refractivity contribution is 6.42. The maximum atomic E-state index is 12.7. The van der Waals surface area contributed by atoms with E-state index in [4.69, 9.17) is 28.3 Å². The van der Waals surface area contributed by atoms with E-state index in [0.29, 0.717) is 54.4 Å². The first-order chi connectivity index (χ1) is 16.1. The summed E-state index contributed by atoms with van der Waals surface area (Å²) in [4.78, 5) is 25.6. The first kappa shape index (κ1) is 21.7. The summed E-state index contributed by atoms with van der Waals surface area (Å²) < 4.78 is 1.71. The molecule has 1 aliphatic rings. The Morgan fingerprint density at radius 3 is 2.48 bits per heavy atom. The second-order valence-electron chi connectivity index (χ2n) is 7.94. The van der Waals surface area contributed by atoms with Gasteiger partial charge in [0.15, 0.2) is 0 Å². The third kappa shape index (κ3) is 4.65. The lowest BCUT2D eigenvalue weighted by atomic mass is 10.1. The number of benzene rings is 2. The summed E-state index contributed by atoms with van der Waals surface area (Å²) in [5.41, 5.74) is 2.89. The summed E-state index contributed by atoms with van der Waals surface area (Å²) in [6.07, 6.45) is 2.99. The molecule has 0 unspecified atom stereocenters. The molecule has 0 bridgehead atoms. The molecule has 4 aromatic rings. The van der Waals surface area contributed by atoms with Crippen molar-refractivity contribution >= 4 is 40.8 Å². The van der Waals surface area contributed by atoms with Crippen molar-refractivity contribution in [3.63, 3.8) is 0 Å². The molecule has 0 spiro atoms. The maximum absolute atomic E-state index is 12.7. The average molecular weight is 481 g/mol. The molecule has 1 aliphatic heterocycles. The lowest BCUT2D eigenvalue weighted by Crippen LogP contribution is -2.49. The van der Waals surface area contributed by atoms with Crippen LogP contribution in [0.3, 0.4) is 0 Å². The minimum Gasteiger partial charge on any atom is -0.339 e. The molecular weight excluding hydrogens is 459 g/mol. The number of amides is 1. The van der Waals surface area contributed by atoms with Crippen LogP contribution in [-0.2, 0) is 11.2 Å². The Morgan fingerprint density at radius 2 is 1.73 bits per heavy atom. The minimum absolute atomic E-state index is 0.185. The molecule has 5 rings (SSSR count). The van der Waals surface area contributed by atoms with Crippen molar-refractivity contribution in [3.05, 3.63) is 76.4 Å². The number of fused-ring (bicyclic) bond motifs is 1. The predicted octanol–water partition coefficient (Wildman–Crippen LogP) is 4.38. The van der Waals surface area contributed by atoms with Crippen LogP contribution in [0.5, 0.6) is 0 Å². The molecule has 0 aliphatic carbocycles. The number of carbonyl (C=O) groups is 1. The second kappa shape index (κ2) is 9.37. The van der Waals surface area contributed by atoms with Gasteiger partial charge < -0.3 is 9.80 Å². The fourth-order valence-electron chi connectivity index (χ4n) is 4.00. The Bertz CT molecular complexity index is 1280. The number of halogens is 2. The molecule has 1 amide bonds. The molecule has 0 radical (unpaired) electrons. The number of anilines is 1. The van der Waals surface area contributed by atoms with Crippen molar-refractivity contribution < 1.29 is 4.79 Å². The predicted molar refractivity (Wildman–Crippen MR) is 130 cm³/mol. The molecule has 0 saturated carbocycles. The molecule has 9 heteroatoms. The number of rotatable bonds is 5. The lowest BCUT2D eigenvalue weighted by Gasteiger charge is -2.34. The average Bonchev–Trinajstić information content (AvgIpc) is 3.29. The van der Waals surface area contributed by atoms with E-state index in [1.165, 1.54) is 5.56 Å². The van der Waals surface area contributed by atoms with Gasteiger partial charge in [0.25, 0.3) is 5.78 Å². The summed E-state index contributed by atoms with van der Waals surface area (Å²) in [5.74, 6) is 1.30. The van der Waals surface area contributed by atoms with Crippen LogP contribution in [0, 0.1) is 0 Å². The van der Waals surface area contributed by atoms with Crippen LogP contribution in [0.1, 0.15) is 12.0 Å². The van der Waals surface area contributed by atoms with Gasteiger partial charge in [-0.15, -0.1) is 5.10 Å². The summed E-state index contributed by atoms with van der Waals surface area (Å²) in [6.45, 7) is 2.65. The molecule has 3 heterocycles. The van der Waals surface area contributed by atoms with E-state index in [0.717, 1.165) is 17.7 Å². The number of nitrogens with zero attached hydrogens (tertiary/aromatic N) is 6. The van der Waals surface area contributed by atoms with Gasteiger partial charge in [-0.05, 0) is 30.2 Å². The Hall–Kier alpha value is -3.16. The van der Waals surface area contributed by atoms with Gasteiger partial charge in [0.2, 0.25) is 11.9 Å². The van der Waals surface area contributed by atoms with Crippen molar-refractivity contribution in [2.45, 2.75) is 12.8 Å². The highest BCUT2D eigenvalue weighted by Crippen LogP contribution is 2.28. The normalized spacial score (nSPS) is 14.1. The van der Waals surface area contributed by atoms with Gasteiger partial charge in [-0.3, -0.25) is 4.79 Å². The Balaban J connectivity index is 1.27. The standard InChI is InChI=1S/C24H22Cl2N6O/c25-19-8-7-18(16-20(19)26)21-10-11-27-23-28-24(29-32(21)23)31-14-12-30(13-15-31)22(33)9-6-17-4-2-1-3-5-17/h1-5,7-8,10-11,16H,6,9,12-15H2. The smallest absolute Gasteiger partial charge is 0.254 e. The topological polar surface area (TPSA) is 66.6 Å². The van der Waals surface area contributed by atoms with Gasteiger partial charge >= 0.3 is 0 Å². The van der Waals surface area contributed by atoms with Gasteiger partial charge in [-0.25, -0.2) is 4.98 Å². The van der Waals surface area contributed by atoms with Crippen LogP contribution in [0.2, 0.25) is 10.0 Å². The molecule has 7 nitrogen and oxygen atoms in total. The van der Waals surface area contributed by atoms with Crippen LogP contribution in [0.15, 0.2) is 60.8 Å². The third-order valence-corrected chi connectivity index (χ3v) is 6.57. The zero-order valence-corrected chi connectivity index (χ0v) is 19.4. The van der Waals surface area contributed by atoms with E-state index in [9.17, 15) is 4.79 Å². The Morgan fingerprint density at radius 1 is 0.939 bits per heavy atom. The largest absolute Gasteiger partial charge is 0.339 e. The first-order valence-electron chi connectivity index (χ1n) is 10.8. The Labute approximate surface area is 201 Å². The fraction of sp³-hybridized carbons (Fsp3) is 0.250. The van der Waals surface area contributed by atoms with Crippen LogP contribution in [0.4, 0.5) is 5.95 Å². The number of carbonyl (C=O) groups excluding carboxylic acids is 1. The van der Waals surface area contributed by atoms with Gasteiger partial charge in [-0.1, -0.05) is 59.6 Å². The maximum Gasteiger partial charge on any atom is 0.254 e. The van der Waals surface area contributed by atoms with E-state index in [2.05, 4.69) is 27.0 Å². The van der Waals surface area contributed by atoms with Crippen molar-refractivity contribution in [1.82, 2.24) is 24.5 Å². The van der Waals surface area contributed by atoms with Crippen LogP contribution in [0.25, 0.3) is 17.0 Å². The highest BCUT2D eigenvalue weighted by Gasteiger charge is 2.24. The SMILES string of the molecule is O=C(CCc1ccccc1)N1CCN(c2nc3nccc(-c4ccc(Cl)c(Cl)c4)n3n2)CC1.